The SMILES string of the molecule is COc1ccccc1C(=O)CN(C)CCC(F)(F)F. The Balaban J connectivity index is 2.59. The summed E-state index contributed by atoms with van der Waals surface area (Å²) in [6, 6.07) is 6.65. The maximum atomic E-state index is 12.1. The predicted octanol–water partition coefficient (Wildman–Crippen LogP) is 2.76. The first-order valence-electron chi connectivity index (χ1n) is 5.75. The van der Waals surface area contributed by atoms with E-state index in [1.165, 1.54) is 19.1 Å². The highest BCUT2D eigenvalue weighted by Gasteiger charge is 2.27. The second-order valence-electron chi connectivity index (χ2n) is 4.23. The molecule has 19 heavy (non-hydrogen) atoms. The van der Waals surface area contributed by atoms with E-state index >= 15 is 0 Å². The average Bonchev–Trinajstić information content (AvgIpc) is 2.35. The molecule has 0 unspecified atom stereocenters. The standard InChI is InChI=1S/C13H16F3NO2/c1-17(8-7-13(14,15)16)9-11(18)10-5-3-4-6-12(10)19-2/h3-6H,7-9H2,1-2H3. The van der Waals surface area contributed by atoms with Crippen molar-refractivity contribution >= 4 is 5.78 Å². The van der Waals surface area contributed by atoms with Crippen molar-refractivity contribution < 1.29 is 22.7 Å². The number of hydrogen-bond donors (Lipinski definition) is 0. The van der Waals surface area contributed by atoms with Gasteiger partial charge >= 0.3 is 6.18 Å². The fourth-order valence-corrected chi connectivity index (χ4v) is 1.60. The van der Waals surface area contributed by atoms with Gasteiger partial charge in [-0.2, -0.15) is 13.2 Å². The van der Waals surface area contributed by atoms with Gasteiger partial charge < -0.3 is 4.74 Å². The molecule has 1 aromatic rings. The average molecular weight is 275 g/mol. The van der Waals surface area contributed by atoms with Crippen LogP contribution in [0.5, 0.6) is 5.75 Å². The van der Waals surface area contributed by atoms with Crippen LogP contribution in [0.1, 0.15) is 16.8 Å². The van der Waals surface area contributed by atoms with E-state index in [1.54, 1.807) is 24.3 Å². The largest absolute Gasteiger partial charge is 0.496 e. The number of carbonyl (C=O) groups excluding carboxylic acids is 1. The third-order valence-electron chi connectivity index (χ3n) is 2.60. The number of Topliss-reactive ketones (excluding diaryl/α,β-unsaturated/α-hetero) is 1. The Kier molecular flexibility index (Phi) is 5.35. The van der Waals surface area contributed by atoms with Crippen LogP contribution in [-0.2, 0) is 0 Å². The molecule has 6 heteroatoms. The summed E-state index contributed by atoms with van der Waals surface area (Å²) in [7, 11) is 2.93. The van der Waals surface area contributed by atoms with Crippen LogP contribution in [0, 0.1) is 0 Å². The van der Waals surface area contributed by atoms with Crippen molar-refractivity contribution in [1.29, 1.82) is 0 Å². The van der Waals surface area contributed by atoms with Crippen LogP contribution in [0.25, 0.3) is 0 Å². The van der Waals surface area contributed by atoms with Crippen LogP contribution in [-0.4, -0.2) is 44.1 Å². The molecule has 0 amide bonds. The second kappa shape index (κ2) is 6.56. The Morgan fingerprint density at radius 1 is 1.32 bits per heavy atom. The Bertz CT molecular complexity index is 432. The minimum atomic E-state index is -4.21. The lowest BCUT2D eigenvalue weighted by Gasteiger charge is -2.17. The van der Waals surface area contributed by atoms with Crippen LogP contribution in [0.15, 0.2) is 24.3 Å². The highest BCUT2D eigenvalue weighted by atomic mass is 19.4. The normalized spacial score (nSPS) is 11.7. The summed E-state index contributed by atoms with van der Waals surface area (Å²) in [5, 5.41) is 0. The maximum Gasteiger partial charge on any atom is 0.390 e. The molecule has 0 N–H and O–H groups in total. The van der Waals surface area contributed by atoms with E-state index in [1.807, 2.05) is 0 Å². The minimum absolute atomic E-state index is 0.0730. The van der Waals surface area contributed by atoms with E-state index < -0.39 is 12.6 Å². The molecule has 0 aromatic heterocycles. The number of methoxy groups -OCH3 is 1. The van der Waals surface area contributed by atoms with Gasteiger partial charge in [0.15, 0.2) is 5.78 Å². The molecule has 0 radical (unpaired) electrons. The zero-order valence-electron chi connectivity index (χ0n) is 10.8. The number of halogens is 3. The van der Waals surface area contributed by atoms with Crippen molar-refractivity contribution in [2.24, 2.45) is 0 Å². The number of benzene rings is 1. The fraction of sp³-hybridized carbons (Fsp3) is 0.462. The number of ether oxygens (including phenoxy) is 1. The number of carbonyl (C=O) groups is 1. The molecule has 3 nitrogen and oxygen atoms in total. The Morgan fingerprint density at radius 3 is 2.53 bits per heavy atom. The summed E-state index contributed by atoms with van der Waals surface area (Å²) >= 11 is 0. The van der Waals surface area contributed by atoms with Crippen molar-refractivity contribution in [3.05, 3.63) is 29.8 Å². The molecule has 0 saturated heterocycles. The summed E-state index contributed by atoms with van der Waals surface area (Å²) in [5.41, 5.74) is 0.379. The molecule has 0 bridgehead atoms. The monoisotopic (exact) mass is 275 g/mol. The molecule has 0 heterocycles. The minimum Gasteiger partial charge on any atom is -0.496 e. The molecule has 0 aliphatic heterocycles. The quantitative estimate of drug-likeness (QED) is 0.748. The van der Waals surface area contributed by atoms with Crippen molar-refractivity contribution in [3.8, 4) is 5.75 Å². The molecule has 106 valence electrons. The summed E-state index contributed by atoms with van der Waals surface area (Å²) in [4.78, 5) is 13.3. The zero-order chi connectivity index (χ0) is 14.5. The zero-order valence-corrected chi connectivity index (χ0v) is 10.8. The van der Waals surface area contributed by atoms with Gasteiger partial charge in [-0.3, -0.25) is 9.69 Å². The highest BCUT2D eigenvalue weighted by Crippen LogP contribution is 2.20. The molecule has 0 fully saturated rings. The Labute approximate surface area is 110 Å². The smallest absolute Gasteiger partial charge is 0.390 e. The van der Waals surface area contributed by atoms with Gasteiger partial charge in [-0.15, -0.1) is 0 Å². The molecular formula is C13H16F3NO2. The number of rotatable bonds is 6. The first kappa shape index (κ1) is 15.5. The second-order valence-corrected chi connectivity index (χ2v) is 4.23. The third kappa shape index (κ3) is 5.30. The summed E-state index contributed by atoms with van der Waals surface area (Å²) < 4.78 is 41.2. The summed E-state index contributed by atoms with van der Waals surface area (Å²) in [5.74, 6) is 0.166. The van der Waals surface area contributed by atoms with Crippen LogP contribution < -0.4 is 4.74 Å². The van der Waals surface area contributed by atoms with Crippen molar-refractivity contribution in [2.75, 3.05) is 27.2 Å². The first-order chi connectivity index (χ1) is 8.83. The van der Waals surface area contributed by atoms with E-state index in [4.69, 9.17) is 4.74 Å². The Morgan fingerprint density at radius 2 is 1.95 bits per heavy atom. The Hall–Kier alpha value is -1.56. The molecule has 0 spiro atoms. The lowest BCUT2D eigenvalue weighted by molar-refractivity contribution is -0.137. The molecule has 0 aliphatic rings. The van der Waals surface area contributed by atoms with Crippen molar-refractivity contribution in [2.45, 2.75) is 12.6 Å². The van der Waals surface area contributed by atoms with E-state index in [2.05, 4.69) is 0 Å². The highest BCUT2D eigenvalue weighted by molar-refractivity contribution is 6.00. The summed E-state index contributed by atoms with van der Waals surface area (Å²) in [6.07, 6.45) is -5.13. The molecule has 0 saturated carbocycles. The number of alkyl halides is 3. The van der Waals surface area contributed by atoms with E-state index in [-0.39, 0.29) is 18.9 Å². The first-order valence-corrected chi connectivity index (χ1v) is 5.75. The number of nitrogens with zero attached hydrogens (tertiary/aromatic N) is 1. The van der Waals surface area contributed by atoms with E-state index in [9.17, 15) is 18.0 Å². The van der Waals surface area contributed by atoms with Crippen molar-refractivity contribution in [3.63, 3.8) is 0 Å². The van der Waals surface area contributed by atoms with Crippen LogP contribution in [0.3, 0.4) is 0 Å². The van der Waals surface area contributed by atoms with Gasteiger partial charge in [0, 0.05) is 6.54 Å². The number of likely N-dealkylation sites (N-methyl/N-ethyl adjacent to an activating group) is 1. The number of hydrogen-bond acceptors (Lipinski definition) is 3. The van der Waals surface area contributed by atoms with Crippen LogP contribution >= 0.6 is 0 Å². The number of ketones is 1. The molecule has 0 atom stereocenters. The number of para-hydroxylation sites is 1. The third-order valence-corrected chi connectivity index (χ3v) is 2.60. The maximum absolute atomic E-state index is 12.1. The molecular weight excluding hydrogens is 259 g/mol. The van der Waals surface area contributed by atoms with E-state index in [0.29, 0.717) is 11.3 Å². The van der Waals surface area contributed by atoms with Crippen LogP contribution in [0.4, 0.5) is 13.2 Å². The molecule has 1 rings (SSSR count). The summed E-state index contributed by atoms with van der Waals surface area (Å²) in [6.45, 7) is -0.277. The molecule has 1 aromatic carbocycles. The van der Waals surface area contributed by atoms with Crippen molar-refractivity contribution in [1.82, 2.24) is 4.90 Å². The fourth-order valence-electron chi connectivity index (χ4n) is 1.60. The lowest BCUT2D eigenvalue weighted by atomic mass is 10.1. The van der Waals surface area contributed by atoms with Gasteiger partial charge in [-0.05, 0) is 19.2 Å². The molecule has 0 aliphatic carbocycles. The topological polar surface area (TPSA) is 29.5 Å². The van der Waals surface area contributed by atoms with Gasteiger partial charge in [0.05, 0.1) is 25.6 Å². The lowest BCUT2D eigenvalue weighted by Crippen LogP contribution is -2.29. The van der Waals surface area contributed by atoms with E-state index in [0.717, 1.165) is 0 Å². The van der Waals surface area contributed by atoms with Gasteiger partial charge in [-0.1, -0.05) is 12.1 Å². The van der Waals surface area contributed by atoms with Gasteiger partial charge in [0.25, 0.3) is 0 Å². The van der Waals surface area contributed by atoms with Gasteiger partial charge in [0.1, 0.15) is 5.75 Å². The van der Waals surface area contributed by atoms with Gasteiger partial charge in [-0.25, -0.2) is 0 Å². The predicted molar refractivity (Wildman–Crippen MR) is 65.5 cm³/mol. The van der Waals surface area contributed by atoms with Crippen LogP contribution in [0.2, 0.25) is 0 Å². The van der Waals surface area contributed by atoms with Gasteiger partial charge in [0.2, 0.25) is 0 Å².